The lowest BCUT2D eigenvalue weighted by molar-refractivity contribution is 0.151. The number of anilines is 2. The minimum atomic E-state index is -2.64. The van der Waals surface area contributed by atoms with Crippen LogP contribution >= 0.6 is 11.6 Å². The first kappa shape index (κ1) is 18.3. The van der Waals surface area contributed by atoms with E-state index in [0.29, 0.717) is 6.04 Å². The Kier molecular flexibility index (Phi) is 4.55. The van der Waals surface area contributed by atoms with Crippen molar-refractivity contribution in [2.45, 2.75) is 58.0 Å². The molecule has 0 saturated heterocycles. The lowest BCUT2D eigenvalue weighted by atomic mass is 9.82. The van der Waals surface area contributed by atoms with E-state index in [1.54, 1.807) is 0 Å². The molecule has 4 heterocycles. The number of rotatable bonds is 3. The maximum absolute atomic E-state index is 13.4. The molecule has 5 nitrogen and oxygen atoms in total. The monoisotopic (exact) mass is 407 g/mol. The number of nitrogens with zero attached hydrogens (tertiary/aromatic N) is 4. The van der Waals surface area contributed by atoms with Crippen LogP contribution in [0.3, 0.4) is 0 Å². The van der Waals surface area contributed by atoms with Crippen LogP contribution in [0.5, 0.6) is 0 Å². The van der Waals surface area contributed by atoms with Gasteiger partial charge in [0.15, 0.2) is 5.82 Å². The maximum Gasteiger partial charge on any atom is 0.266 e. The zero-order valence-electron chi connectivity index (χ0n) is 15.9. The Labute approximate surface area is 168 Å². The fraction of sp³-hybridized carbons (Fsp3) is 0.600. The number of nitrogens with one attached hydrogen (secondary N) is 1. The Balaban J connectivity index is 1.60. The predicted octanol–water partition coefficient (Wildman–Crippen LogP) is 4.57. The SMILES string of the molecule is CC1CC(n2nc(N3CCCc4nc(Cl)c(C(F)F)cc43)c3c2CCNC3)C1. The van der Waals surface area contributed by atoms with Gasteiger partial charge in [0, 0.05) is 37.3 Å². The summed E-state index contributed by atoms with van der Waals surface area (Å²) in [5.74, 6) is 1.64. The summed E-state index contributed by atoms with van der Waals surface area (Å²) in [4.78, 5) is 6.38. The summed E-state index contributed by atoms with van der Waals surface area (Å²) >= 11 is 6.01. The van der Waals surface area contributed by atoms with Crippen LogP contribution in [0, 0.1) is 5.92 Å². The molecule has 2 aromatic rings. The molecule has 8 heteroatoms. The van der Waals surface area contributed by atoms with Gasteiger partial charge in [0.1, 0.15) is 5.15 Å². The lowest BCUT2D eigenvalue weighted by Crippen LogP contribution is -2.30. The maximum atomic E-state index is 13.4. The molecule has 2 aliphatic heterocycles. The summed E-state index contributed by atoms with van der Waals surface area (Å²) in [5.41, 5.74) is 3.81. The second-order valence-electron chi connectivity index (χ2n) is 8.24. The van der Waals surface area contributed by atoms with Crippen LogP contribution in [0.25, 0.3) is 0 Å². The lowest BCUT2D eigenvalue weighted by Gasteiger charge is -2.34. The molecule has 0 amide bonds. The number of hydrogen-bond donors (Lipinski definition) is 1. The van der Waals surface area contributed by atoms with Crippen LogP contribution in [0.1, 0.15) is 61.2 Å². The van der Waals surface area contributed by atoms with E-state index in [1.807, 2.05) is 0 Å². The zero-order valence-corrected chi connectivity index (χ0v) is 16.6. The number of alkyl halides is 2. The van der Waals surface area contributed by atoms with E-state index in [1.165, 1.54) is 17.3 Å². The number of fused-ring (bicyclic) bond motifs is 2. The van der Waals surface area contributed by atoms with Crippen LogP contribution in [-0.4, -0.2) is 27.9 Å². The second-order valence-corrected chi connectivity index (χ2v) is 8.60. The van der Waals surface area contributed by atoms with E-state index in [2.05, 4.69) is 26.8 Å². The Hall–Kier alpha value is -1.73. The van der Waals surface area contributed by atoms with Crippen LogP contribution in [0.15, 0.2) is 6.07 Å². The summed E-state index contributed by atoms with van der Waals surface area (Å²) in [7, 11) is 0. The topological polar surface area (TPSA) is 46.0 Å². The van der Waals surface area contributed by atoms with Gasteiger partial charge in [-0.1, -0.05) is 18.5 Å². The minimum absolute atomic E-state index is 0.0896. The highest BCUT2D eigenvalue weighted by Crippen LogP contribution is 2.43. The van der Waals surface area contributed by atoms with Gasteiger partial charge in [-0.2, -0.15) is 5.10 Å². The van der Waals surface area contributed by atoms with Crippen molar-refractivity contribution in [3.63, 3.8) is 0 Å². The molecule has 2 aromatic heterocycles. The molecule has 0 unspecified atom stereocenters. The third-order valence-electron chi connectivity index (χ3n) is 6.27. The van der Waals surface area contributed by atoms with Gasteiger partial charge in [0.05, 0.1) is 23.0 Å². The Morgan fingerprint density at radius 3 is 2.86 bits per heavy atom. The first-order valence-corrected chi connectivity index (χ1v) is 10.5. The van der Waals surface area contributed by atoms with E-state index in [-0.39, 0.29) is 10.7 Å². The minimum Gasteiger partial charge on any atom is -0.323 e. The molecule has 1 fully saturated rings. The molecule has 28 heavy (non-hydrogen) atoms. The van der Waals surface area contributed by atoms with Crippen molar-refractivity contribution in [1.29, 1.82) is 0 Å². The summed E-state index contributed by atoms with van der Waals surface area (Å²) in [6.45, 7) is 4.74. The molecule has 3 aliphatic rings. The van der Waals surface area contributed by atoms with Gasteiger partial charge in [-0.05, 0) is 37.7 Å². The van der Waals surface area contributed by atoms with Gasteiger partial charge >= 0.3 is 0 Å². The van der Waals surface area contributed by atoms with Gasteiger partial charge in [0.25, 0.3) is 6.43 Å². The van der Waals surface area contributed by atoms with Gasteiger partial charge in [-0.25, -0.2) is 13.8 Å². The first-order valence-electron chi connectivity index (χ1n) is 10.1. The van der Waals surface area contributed by atoms with Crippen LogP contribution in [-0.2, 0) is 19.4 Å². The third kappa shape index (κ3) is 2.90. The van der Waals surface area contributed by atoms with Crippen molar-refractivity contribution in [2.24, 2.45) is 5.92 Å². The predicted molar refractivity (Wildman–Crippen MR) is 105 cm³/mol. The number of aryl methyl sites for hydroxylation is 1. The molecule has 0 aromatic carbocycles. The first-order chi connectivity index (χ1) is 13.5. The molecule has 150 valence electrons. The van der Waals surface area contributed by atoms with Crippen molar-refractivity contribution >= 4 is 23.1 Å². The smallest absolute Gasteiger partial charge is 0.266 e. The van der Waals surface area contributed by atoms with Crippen molar-refractivity contribution < 1.29 is 8.78 Å². The average Bonchev–Trinajstić information content (AvgIpc) is 3.03. The average molecular weight is 408 g/mol. The molecule has 0 bridgehead atoms. The van der Waals surface area contributed by atoms with Crippen molar-refractivity contribution in [3.8, 4) is 0 Å². The van der Waals surface area contributed by atoms with Crippen LogP contribution in [0.2, 0.25) is 5.15 Å². The molecule has 5 rings (SSSR count). The van der Waals surface area contributed by atoms with E-state index in [0.717, 1.165) is 74.9 Å². The van der Waals surface area contributed by atoms with Gasteiger partial charge < -0.3 is 10.2 Å². The molecular formula is C20H24ClF2N5. The van der Waals surface area contributed by atoms with Crippen molar-refractivity contribution in [1.82, 2.24) is 20.1 Å². The summed E-state index contributed by atoms with van der Waals surface area (Å²) in [5, 5.41) is 8.38. The zero-order chi connectivity index (χ0) is 19.4. The highest BCUT2D eigenvalue weighted by atomic mass is 35.5. The van der Waals surface area contributed by atoms with Gasteiger partial charge in [0.2, 0.25) is 0 Å². The number of hydrogen-bond acceptors (Lipinski definition) is 4. The fourth-order valence-electron chi connectivity index (χ4n) is 4.78. The third-order valence-corrected chi connectivity index (χ3v) is 6.57. The Bertz CT molecular complexity index is 906. The Morgan fingerprint density at radius 1 is 1.29 bits per heavy atom. The summed E-state index contributed by atoms with van der Waals surface area (Å²) < 4.78 is 29.1. The van der Waals surface area contributed by atoms with Crippen LogP contribution < -0.4 is 10.2 Å². The number of aromatic nitrogens is 3. The molecular weight excluding hydrogens is 384 g/mol. The van der Waals surface area contributed by atoms with E-state index in [4.69, 9.17) is 16.7 Å². The normalized spacial score (nSPS) is 24.1. The van der Waals surface area contributed by atoms with E-state index >= 15 is 0 Å². The molecule has 1 aliphatic carbocycles. The van der Waals surface area contributed by atoms with Gasteiger partial charge in [-0.15, -0.1) is 0 Å². The second kappa shape index (κ2) is 6.95. The molecule has 0 atom stereocenters. The standard InChI is InChI=1S/C20H24ClF2N5/c1-11-7-12(8-11)28-16-4-5-24-10-14(16)20(26-28)27-6-2-3-15-17(27)9-13(19(22)23)18(21)25-15/h9,11-12,19,24H,2-8,10H2,1H3. The van der Waals surface area contributed by atoms with Crippen molar-refractivity contribution in [3.05, 3.63) is 33.7 Å². The molecule has 0 radical (unpaired) electrons. The van der Waals surface area contributed by atoms with Crippen molar-refractivity contribution in [2.75, 3.05) is 18.0 Å². The van der Waals surface area contributed by atoms with E-state index < -0.39 is 6.43 Å². The van der Waals surface area contributed by atoms with E-state index in [9.17, 15) is 8.78 Å². The highest BCUT2D eigenvalue weighted by molar-refractivity contribution is 6.30. The quantitative estimate of drug-likeness (QED) is 0.757. The molecule has 1 N–H and O–H groups in total. The van der Waals surface area contributed by atoms with Gasteiger partial charge in [-0.3, -0.25) is 4.68 Å². The van der Waals surface area contributed by atoms with Crippen LogP contribution in [0.4, 0.5) is 20.3 Å². The molecule has 0 spiro atoms. The highest BCUT2D eigenvalue weighted by Gasteiger charge is 2.35. The summed E-state index contributed by atoms with van der Waals surface area (Å²) in [6, 6.07) is 1.97. The number of pyridine rings is 1. The Morgan fingerprint density at radius 2 is 2.11 bits per heavy atom. The summed E-state index contributed by atoms with van der Waals surface area (Å²) in [6.07, 6.45) is 2.28. The largest absolute Gasteiger partial charge is 0.323 e. The molecule has 1 saturated carbocycles. The fourth-order valence-corrected chi connectivity index (χ4v) is 5.02. The number of halogens is 3.